The molecule has 0 fully saturated rings. The number of thiazole rings is 1. The van der Waals surface area contributed by atoms with Gasteiger partial charge in [-0.2, -0.15) is 0 Å². The Labute approximate surface area is 125 Å². The quantitative estimate of drug-likeness (QED) is 0.808. The van der Waals surface area contributed by atoms with E-state index in [0.717, 1.165) is 15.8 Å². The molecule has 1 heterocycles. The van der Waals surface area contributed by atoms with Gasteiger partial charge in [0.2, 0.25) is 5.91 Å². The van der Waals surface area contributed by atoms with Crippen LogP contribution < -0.4 is 10.2 Å². The third-order valence-electron chi connectivity index (χ3n) is 3.17. The van der Waals surface area contributed by atoms with E-state index in [1.165, 1.54) is 18.3 Å². The highest BCUT2D eigenvalue weighted by Gasteiger charge is 2.09. The van der Waals surface area contributed by atoms with Crippen LogP contribution in [0.5, 0.6) is 0 Å². The van der Waals surface area contributed by atoms with Crippen LogP contribution in [-0.2, 0) is 11.3 Å². The molecular formula is C16H14N2O2S. The van der Waals surface area contributed by atoms with Gasteiger partial charge < -0.3 is 5.32 Å². The Morgan fingerprint density at radius 1 is 1.19 bits per heavy atom. The second-order valence-corrected chi connectivity index (χ2v) is 5.80. The highest BCUT2D eigenvalue weighted by Crippen LogP contribution is 2.22. The first-order valence-electron chi connectivity index (χ1n) is 6.58. The molecule has 3 aromatic rings. The van der Waals surface area contributed by atoms with Crippen LogP contribution in [0.4, 0.5) is 5.69 Å². The summed E-state index contributed by atoms with van der Waals surface area (Å²) in [6.45, 7) is 2.02. The van der Waals surface area contributed by atoms with Crippen molar-refractivity contribution in [2.75, 3.05) is 5.32 Å². The molecular weight excluding hydrogens is 284 g/mol. The van der Waals surface area contributed by atoms with Crippen LogP contribution in [0, 0.1) is 0 Å². The van der Waals surface area contributed by atoms with E-state index >= 15 is 0 Å². The van der Waals surface area contributed by atoms with E-state index in [-0.39, 0.29) is 10.8 Å². The summed E-state index contributed by atoms with van der Waals surface area (Å²) in [6.07, 6.45) is 0. The minimum atomic E-state index is -0.120. The third-order valence-corrected chi connectivity index (χ3v) is 4.11. The lowest BCUT2D eigenvalue weighted by Gasteiger charge is -2.05. The van der Waals surface area contributed by atoms with Gasteiger partial charge in [0, 0.05) is 12.6 Å². The van der Waals surface area contributed by atoms with Gasteiger partial charge in [-0.25, -0.2) is 0 Å². The highest BCUT2D eigenvalue weighted by molar-refractivity contribution is 7.16. The predicted octanol–water partition coefficient (Wildman–Crippen LogP) is 3.07. The number of carbonyl (C=O) groups is 1. The number of aromatic nitrogens is 1. The van der Waals surface area contributed by atoms with E-state index in [1.807, 2.05) is 48.5 Å². The van der Waals surface area contributed by atoms with Crippen LogP contribution >= 0.6 is 11.3 Å². The van der Waals surface area contributed by atoms with Crippen molar-refractivity contribution >= 4 is 33.1 Å². The third kappa shape index (κ3) is 2.87. The van der Waals surface area contributed by atoms with Crippen LogP contribution in [0.25, 0.3) is 10.2 Å². The standard InChI is InChI=1S/C16H14N2O2S/c1-11(19)17-13-7-8-14-15(9-13)21-16(20)18(14)10-12-5-3-2-4-6-12/h2-9H,10H2,1H3,(H,17,19). The summed E-state index contributed by atoms with van der Waals surface area (Å²) in [5.41, 5.74) is 2.69. The van der Waals surface area contributed by atoms with Crippen LogP contribution in [0.15, 0.2) is 53.3 Å². The molecule has 3 rings (SSSR count). The molecule has 1 aromatic heterocycles. The number of hydrogen-bond acceptors (Lipinski definition) is 3. The second kappa shape index (κ2) is 5.54. The summed E-state index contributed by atoms with van der Waals surface area (Å²) in [5.74, 6) is -0.120. The van der Waals surface area contributed by atoms with Crippen molar-refractivity contribution in [2.24, 2.45) is 0 Å². The van der Waals surface area contributed by atoms with Crippen LogP contribution in [-0.4, -0.2) is 10.5 Å². The number of benzene rings is 2. The predicted molar refractivity (Wildman–Crippen MR) is 85.9 cm³/mol. The summed E-state index contributed by atoms with van der Waals surface area (Å²) >= 11 is 1.20. The lowest BCUT2D eigenvalue weighted by Crippen LogP contribution is -2.13. The molecule has 0 radical (unpaired) electrons. The van der Waals surface area contributed by atoms with E-state index < -0.39 is 0 Å². The maximum atomic E-state index is 12.2. The zero-order valence-corrected chi connectivity index (χ0v) is 12.3. The first kappa shape index (κ1) is 13.6. The van der Waals surface area contributed by atoms with Crippen LogP contribution in [0.2, 0.25) is 0 Å². The van der Waals surface area contributed by atoms with E-state index in [4.69, 9.17) is 0 Å². The van der Waals surface area contributed by atoms with Gasteiger partial charge in [0.25, 0.3) is 0 Å². The van der Waals surface area contributed by atoms with Crippen molar-refractivity contribution in [1.29, 1.82) is 0 Å². The Bertz CT molecular complexity index is 850. The van der Waals surface area contributed by atoms with Gasteiger partial charge in [0.05, 0.1) is 16.8 Å². The molecule has 0 spiro atoms. The van der Waals surface area contributed by atoms with Gasteiger partial charge in [0.1, 0.15) is 0 Å². The number of carbonyl (C=O) groups excluding carboxylic acids is 1. The van der Waals surface area contributed by atoms with Gasteiger partial charge in [-0.15, -0.1) is 0 Å². The SMILES string of the molecule is CC(=O)Nc1ccc2c(c1)sc(=O)n2Cc1ccccc1. The number of rotatable bonds is 3. The summed E-state index contributed by atoms with van der Waals surface area (Å²) in [7, 11) is 0. The smallest absolute Gasteiger partial charge is 0.308 e. The van der Waals surface area contributed by atoms with Gasteiger partial charge in [-0.3, -0.25) is 14.2 Å². The molecule has 0 saturated heterocycles. The van der Waals surface area contributed by atoms with Crippen molar-refractivity contribution in [1.82, 2.24) is 4.57 Å². The summed E-state index contributed by atoms with van der Waals surface area (Å²) in [5, 5.41) is 2.73. The first-order chi connectivity index (χ1) is 10.1. The van der Waals surface area contributed by atoms with Gasteiger partial charge >= 0.3 is 4.87 Å². The lowest BCUT2D eigenvalue weighted by molar-refractivity contribution is -0.114. The molecule has 21 heavy (non-hydrogen) atoms. The van der Waals surface area contributed by atoms with Crippen molar-refractivity contribution in [3.63, 3.8) is 0 Å². The average Bonchev–Trinajstić information content (AvgIpc) is 2.75. The lowest BCUT2D eigenvalue weighted by atomic mass is 10.2. The molecule has 0 bridgehead atoms. The van der Waals surface area contributed by atoms with Crippen molar-refractivity contribution in [3.05, 3.63) is 63.8 Å². The highest BCUT2D eigenvalue weighted by atomic mass is 32.1. The van der Waals surface area contributed by atoms with Gasteiger partial charge in [-0.1, -0.05) is 41.7 Å². The number of nitrogens with zero attached hydrogens (tertiary/aromatic N) is 1. The Morgan fingerprint density at radius 2 is 1.95 bits per heavy atom. The molecule has 0 aliphatic heterocycles. The Kier molecular flexibility index (Phi) is 3.58. The summed E-state index contributed by atoms with van der Waals surface area (Å²) in [6, 6.07) is 15.4. The number of anilines is 1. The molecule has 0 unspecified atom stereocenters. The van der Waals surface area contributed by atoms with Crippen LogP contribution in [0.1, 0.15) is 12.5 Å². The molecule has 5 heteroatoms. The number of nitrogens with one attached hydrogen (secondary N) is 1. The number of amides is 1. The fourth-order valence-electron chi connectivity index (χ4n) is 2.26. The van der Waals surface area contributed by atoms with Gasteiger partial charge in [-0.05, 0) is 23.8 Å². The largest absolute Gasteiger partial charge is 0.326 e. The van der Waals surface area contributed by atoms with Gasteiger partial charge in [0.15, 0.2) is 0 Å². The molecule has 2 aromatic carbocycles. The van der Waals surface area contributed by atoms with E-state index in [0.29, 0.717) is 12.2 Å². The molecule has 0 saturated carbocycles. The minimum Gasteiger partial charge on any atom is -0.326 e. The zero-order valence-electron chi connectivity index (χ0n) is 11.5. The average molecular weight is 298 g/mol. The Hall–Kier alpha value is -2.40. The monoisotopic (exact) mass is 298 g/mol. The summed E-state index contributed by atoms with van der Waals surface area (Å²) < 4.78 is 2.63. The minimum absolute atomic E-state index is 0.00817. The fraction of sp³-hybridized carbons (Fsp3) is 0.125. The topological polar surface area (TPSA) is 51.1 Å². The zero-order chi connectivity index (χ0) is 14.8. The Balaban J connectivity index is 2.02. The first-order valence-corrected chi connectivity index (χ1v) is 7.40. The summed E-state index contributed by atoms with van der Waals surface area (Å²) in [4.78, 5) is 23.3. The van der Waals surface area contributed by atoms with Crippen molar-refractivity contribution in [2.45, 2.75) is 13.5 Å². The maximum Gasteiger partial charge on any atom is 0.308 e. The Morgan fingerprint density at radius 3 is 2.67 bits per heavy atom. The number of fused-ring (bicyclic) bond motifs is 1. The van der Waals surface area contributed by atoms with Crippen molar-refractivity contribution in [3.8, 4) is 0 Å². The molecule has 106 valence electrons. The van der Waals surface area contributed by atoms with Crippen LogP contribution in [0.3, 0.4) is 0 Å². The molecule has 1 N–H and O–H groups in total. The molecule has 0 aliphatic rings. The molecule has 0 aliphatic carbocycles. The fourth-order valence-corrected chi connectivity index (χ4v) is 3.19. The maximum absolute atomic E-state index is 12.2. The number of hydrogen-bond donors (Lipinski definition) is 1. The van der Waals surface area contributed by atoms with E-state index in [2.05, 4.69) is 5.32 Å². The normalized spacial score (nSPS) is 10.7. The molecule has 0 atom stereocenters. The second-order valence-electron chi connectivity index (χ2n) is 4.80. The van der Waals surface area contributed by atoms with Crippen molar-refractivity contribution < 1.29 is 4.79 Å². The van der Waals surface area contributed by atoms with E-state index in [1.54, 1.807) is 4.57 Å². The van der Waals surface area contributed by atoms with E-state index in [9.17, 15) is 9.59 Å². The molecule has 1 amide bonds. The molecule has 4 nitrogen and oxygen atoms in total.